The molecule has 0 amide bonds. The average molecular weight is 237 g/mol. The maximum absolute atomic E-state index is 4.17. The summed E-state index contributed by atoms with van der Waals surface area (Å²) >= 11 is 0. The van der Waals surface area contributed by atoms with Gasteiger partial charge in [-0.15, -0.1) is 5.10 Å². The molecule has 0 saturated heterocycles. The van der Waals surface area contributed by atoms with E-state index >= 15 is 0 Å². The molecule has 96 valence electrons. The van der Waals surface area contributed by atoms with E-state index < -0.39 is 0 Å². The van der Waals surface area contributed by atoms with Crippen LogP contribution in [0, 0.1) is 11.8 Å². The minimum atomic E-state index is 0.491. The number of tetrazole rings is 1. The summed E-state index contributed by atoms with van der Waals surface area (Å²) in [7, 11) is 0. The highest BCUT2D eigenvalue weighted by atomic mass is 15.6. The van der Waals surface area contributed by atoms with Crippen LogP contribution < -0.4 is 5.32 Å². The van der Waals surface area contributed by atoms with Gasteiger partial charge in [0.1, 0.15) is 0 Å². The molecule has 0 bridgehead atoms. The predicted octanol–water partition coefficient (Wildman–Crippen LogP) is 1.78. The van der Waals surface area contributed by atoms with Crippen LogP contribution in [0.5, 0.6) is 0 Å². The van der Waals surface area contributed by atoms with Crippen LogP contribution in [0.15, 0.2) is 0 Å². The van der Waals surface area contributed by atoms with Gasteiger partial charge < -0.3 is 5.32 Å². The first-order valence-electron chi connectivity index (χ1n) is 6.69. The van der Waals surface area contributed by atoms with Gasteiger partial charge in [-0.25, -0.2) is 4.68 Å². The summed E-state index contributed by atoms with van der Waals surface area (Å²) in [6.07, 6.45) is 3.69. The van der Waals surface area contributed by atoms with E-state index in [0.29, 0.717) is 6.04 Å². The molecule has 1 fully saturated rings. The van der Waals surface area contributed by atoms with Gasteiger partial charge in [0.15, 0.2) is 5.82 Å². The lowest BCUT2D eigenvalue weighted by molar-refractivity contribution is 0.195. The van der Waals surface area contributed by atoms with Gasteiger partial charge in [-0.05, 0) is 48.1 Å². The molecule has 17 heavy (non-hydrogen) atoms. The summed E-state index contributed by atoms with van der Waals surface area (Å²) in [6, 6.07) is 0.491. The van der Waals surface area contributed by atoms with E-state index in [-0.39, 0.29) is 0 Å². The summed E-state index contributed by atoms with van der Waals surface area (Å²) < 4.78 is 2.03. The van der Waals surface area contributed by atoms with Gasteiger partial charge in [-0.2, -0.15) is 0 Å². The quantitative estimate of drug-likeness (QED) is 0.867. The van der Waals surface area contributed by atoms with Crippen LogP contribution in [0.4, 0.5) is 0 Å². The molecule has 1 aromatic heterocycles. The molecule has 1 saturated carbocycles. The van der Waals surface area contributed by atoms with Crippen molar-refractivity contribution in [3.8, 4) is 0 Å². The lowest BCUT2D eigenvalue weighted by Gasteiger charge is -2.32. The van der Waals surface area contributed by atoms with Crippen LogP contribution in [0.1, 0.15) is 51.9 Å². The molecule has 0 aromatic carbocycles. The van der Waals surface area contributed by atoms with Crippen LogP contribution in [0.25, 0.3) is 0 Å². The smallest absolute Gasteiger partial charge is 0.165 e. The maximum atomic E-state index is 4.17. The van der Waals surface area contributed by atoms with Gasteiger partial charge in [0.2, 0.25) is 0 Å². The predicted molar refractivity (Wildman–Crippen MR) is 66.4 cm³/mol. The van der Waals surface area contributed by atoms with Gasteiger partial charge in [0.05, 0.1) is 12.6 Å². The molecule has 1 N–H and O–H groups in total. The minimum absolute atomic E-state index is 0.491. The molecule has 2 rings (SSSR count). The molecular formula is C12H23N5. The highest BCUT2D eigenvalue weighted by Crippen LogP contribution is 2.35. The molecule has 0 radical (unpaired) electrons. The number of aromatic nitrogens is 4. The Balaban J connectivity index is 2.04. The van der Waals surface area contributed by atoms with E-state index in [4.69, 9.17) is 0 Å². The summed E-state index contributed by atoms with van der Waals surface area (Å²) in [5.41, 5.74) is 0. The van der Waals surface area contributed by atoms with Crippen molar-refractivity contribution in [3.05, 3.63) is 5.82 Å². The van der Waals surface area contributed by atoms with Crippen molar-refractivity contribution in [2.24, 2.45) is 11.8 Å². The SMILES string of the molecule is CCNCc1nnnn1C1CCC(C)C(C)C1. The van der Waals surface area contributed by atoms with Crippen molar-refractivity contribution in [3.63, 3.8) is 0 Å². The Labute approximate surface area is 103 Å². The van der Waals surface area contributed by atoms with Crippen molar-refractivity contribution >= 4 is 0 Å². The second-order valence-electron chi connectivity index (χ2n) is 5.24. The Morgan fingerprint density at radius 2 is 2.12 bits per heavy atom. The highest BCUT2D eigenvalue weighted by Gasteiger charge is 2.27. The van der Waals surface area contributed by atoms with Crippen molar-refractivity contribution in [2.75, 3.05) is 6.54 Å². The zero-order valence-corrected chi connectivity index (χ0v) is 11.1. The van der Waals surface area contributed by atoms with Crippen LogP contribution in [-0.2, 0) is 6.54 Å². The molecule has 3 atom stereocenters. The third-order valence-corrected chi connectivity index (χ3v) is 4.01. The summed E-state index contributed by atoms with van der Waals surface area (Å²) in [5.74, 6) is 2.57. The lowest BCUT2D eigenvalue weighted by Crippen LogP contribution is -2.26. The molecule has 0 spiro atoms. The monoisotopic (exact) mass is 237 g/mol. The van der Waals surface area contributed by atoms with Crippen molar-refractivity contribution in [1.82, 2.24) is 25.5 Å². The van der Waals surface area contributed by atoms with E-state index in [0.717, 1.165) is 30.7 Å². The fourth-order valence-electron chi connectivity index (χ4n) is 2.59. The first kappa shape index (κ1) is 12.5. The Bertz CT molecular complexity index is 348. The first-order valence-corrected chi connectivity index (χ1v) is 6.69. The topological polar surface area (TPSA) is 55.6 Å². The average Bonchev–Trinajstić information content (AvgIpc) is 2.78. The fourth-order valence-corrected chi connectivity index (χ4v) is 2.59. The molecular weight excluding hydrogens is 214 g/mol. The van der Waals surface area contributed by atoms with Crippen molar-refractivity contribution < 1.29 is 0 Å². The molecule has 1 aliphatic carbocycles. The standard InChI is InChI=1S/C12H23N5/c1-4-13-8-12-14-15-16-17(12)11-6-5-9(2)10(3)7-11/h9-11,13H,4-8H2,1-3H3. The third-order valence-electron chi connectivity index (χ3n) is 4.01. The minimum Gasteiger partial charge on any atom is -0.310 e. The maximum Gasteiger partial charge on any atom is 0.165 e. The van der Waals surface area contributed by atoms with Crippen molar-refractivity contribution in [1.29, 1.82) is 0 Å². The molecule has 5 nitrogen and oxygen atoms in total. The Morgan fingerprint density at radius 3 is 2.82 bits per heavy atom. The number of nitrogens with one attached hydrogen (secondary N) is 1. The Kier molecular flexibility index (Phi) is 4.10. The van der Waals surface area contributed by atoms with Gasteiger partial charge in [0, 0.05) is 0 Å². The molecule has 3 unspecified atom stereocenters. The fraction of sp³-hybridized carbons (Fsp3) is 0.917. The Morgan fingerprint density at radius 1 is 1.29 bits per heavy atom. The van der Waals surface area contributed by atoms with Gasteiger partial charge in [-0.1, -0.05) is 20.8 Å². The van der Waals surface area contributed by atoms with Crippen LogP contribution in [-0.4, -0.2) is 26.8 Å². The Hall–Kier alpha value is -0.970. The van der Waals surface area contributed by atoms with E-state index in [1.54, 1.807) is 0 Å². The van der Waals surface area contributed by atoms with Gasteiger partial charge in [-0.3, -0.25) is 0 Å². The molecule has 1 aromatic rings. The second kappa shape index (κ2) is 5.58. The van der Waals surface area contributed by atoms with E-state index in [1.807, 2.05) is 4.68 Å². The number of rotatable bonds is 4. The lowest BCUT2D eigenvalue weighted by atomic mass is 9.79. The second-order valence-corrected chi connectivity index (χ2v) is 5.24. The van der Waals surface area contributed by atoms with Crippen molar-refractivity contribution in [2.45, 2.75) is 52.6 Å². The van der Waals surface area contributed by atoms with Crippen LogP contribution in [0.3, 0.4) is 0 Å². The number of hydrogen-bond acceptors (Lipinski definition) is 4. The largest absolute Gasteiger partial charge is 0.310 e. The summed E-state index contributed by atoms with van der Waals surface area (Å²) in [6.45, 7) is 8.50. The first-order chi connectivity index (χ1) is 8.22. The molecule has 0 aliphatic heterocycles. The van der Waals surface area contributed by atoms with E-state index in [9.17, 15) is 0 Å². The van der Waals surface area contributed by atoms with Crippen LogP contribution in [0.2, 0.25) is 0 Å². The van der Waals surface area contributed by atoms with Gasteiger partial charge >= 0.3 is 0 Å². The zero-order chi connectivity index (χ0) is 12.3. The zero-order valence-electron chi connectivity index (χ0n) is 11.1. The normalized spacial score (nSPS) is 29.5. The summed E-state index contributed by atoms with van der Waals surface area (Å²) in [4.78, 5) is 0. The molecule has 5 heteroatoms. The van der Waals surface area contributed by atoms with E-state index in [2.05, 4.69) is 41.6 Å². The third kappa shape index (κ3) is 2.83. The van der Waals surface area contributed by atoms with Crippen LogP contribution >= 0.6 is 0 Å². The van der Waals surface area contributed by atoms with Gasteiger partial charge in [0.25, 0.3) is 0 Å². The number of hydrogen-bond donors (Lipinski definition) is 1. The highest BCUT2D eigenvalue weighted by molar-refractivity contribution is 4.87. The molecule has 1 aliphatic rings. The summed E-state index contributed by atoms with van der Waals surface area (Å²) in [5, 5.41) is 15.4. The number of nitrogens with zero attached hydrogens (tertiary/aromatic N) is 4. The molecule has 1 heterocycles. The van der Waals surface area contributed by atoms with E-state index in [1.165, 1.54) is 19.3 Å².